The van der Waals surface area contributed by atoms with E-state index in [4.69, 9.17) is 10.5 Å². The Bertz CT molecular complexity index is 205. The van der Waals surface area contributed by atoms with Gasteiger partial charge in [-0.05, 0) is 40.3 Å². The fraction of sp³-hybridized carbons (Fsp3) is 0.917. The van der Waals surface area contributed by atoms with Crippen molar-refractivity contribution in [2.45, 2.75) is 45.6 Å². The number of hydrogen-bond donors (Lipinski definition) is 1. The highest BCUT2D eigenvalue weighted by Crippen LogP contribution is 2.09. The smallest absolute Gasteiger partial charge is 0.325 e. The highest BCUT2D eigenvalue weighted by Gasteiger charge is 2.29. The topological polar surface area (TPSA) is 55.6 Å². The lowest BCUT2D eigenvalue weighted by Crippen LogP contribution is -2.48. The Morgan fingerprint density at radius 2 is 2.00 bits per heavy atom. The molecular weight excluding hydrogens is 204 g/mol. The van der Waals surface area contributed by atoms with Gasteiger partial charge in [0.2, 0.25) is 0 Å². The van der Waals surface area contributed by atoms with Gasteiger partial charge in [0.05, 0.1) is 6.61 Å². The van der Waals surface area contributed by atoms with E-state index < -0.39 is 5.54 Å². The Morgan fingerprint density at radius 1 is 1.38 bits per heavy atom. The molecule has 0 bridgehead atoms. The van der Waals surface area contributed by atoms with Crippen LogP contribution in [0.3, 0.4) is 0 Å². The van der Waals surface area contributed by atoms with E-state index in [0.29, 0.717) is 13.0 Å². The number of nitrogens with two attached hydrogens (primary N) is 1. The molecule has 96 valence electrons. The third kappa shape index (κ3) is 6.08. The Hall–Kier alpha value is -0.610. The van der Waals surface area contributed by atoms with Crippen molar-refractivity contribution in [3.63, 3.8) is 0 Å². The second-order valence-corrected chi connectivity index (χ2v) is 4.54. The summed E-state index contributed by atoms with van der Waals surface area (Å²) in [6, 6.07) is 0. The van der Waals surface area contributed by atoms with Crippen LogP contribution in [0.25, 0.3) is 0 Å². The van der Waals surface area contributed by atoms with Gasteiger partial charge in [0, 0.05) is 6.54 Å². The summed E-state index contributed by atoms with van der Waals surface area (Å²) in [7, 11) is 2.05. The number of rotatable bonds is 8. The van der Waals surface area contributed by atoms with E-state index in [2.05, 4.69) is 18.9 Å². The van der Waals surface area contributed by atoms with Crippen LogP contribution >= 0.6 is 0 Å². The van der Waals surface area contributed by atoms with E-state index in [9.17, 15) is 4.79 Å². The van der Waals surface area contributed by atoms with Crippen LogP contribution in [0, 0.1) is 0 Å². The van der Waals surface area contributed by atoms with Crippen molar-refractivity contribution in [1.29, 1.82) is 0 Å². The monoisotopic (exact) mass is 230 g/mol. The van der Waals surface area contributed by atoms with Crippen molar-refractivity contribution >= 4 is 5.97 Å². The lowest BCUT2D eigenvalue weighted by molar-refractivity contribution is -0.149. The Morgan fingerprint density at radius 3 is 2.50 bits per heavy atom. The Balaban J connectivity index is 3.92. The predicted octanol–water partition coefficient (Wildman–Crippen LogP) is 1.39. The fourth-order valence-electron chi connectivity index (χ4n) is 1.36. The van der Waals surface area contributed by atoms with E-state index in [0.717, 1.165) is 13.1 Å². The van der Waals surface area contributed by atoms with Gasteiger partial charge in [0.1, 0.15) is 5.54 Å². The van der Waals surface area contributed by atoms with Crippen LogP contribution in [0.4, 0.5) is 0 Å². The zero-order chi connectivity index (χ0) is 12.6. The molecule has 4 nitrogen and oxygen atoms in total. The van der Waals surface area contributed by atoms with Crippen LogP contribution in [-0.2, 0) is 9.53 Å². The molecule has 0 spiro atoms. The Kier molecular flexibility index (Phi) is 7.34. The third-order valence-electron chi connectivity index (χ3n) is 2.65. The van der Waals surface area contributed by atoms with E-state index >= 15 is 0 Å². The first kappa shape index (κ1) is 15.4. The second-order valence-electron chi connectivity index (χ2n) is 4.54. The first-order chi connectivity index (χ1) is 7.44. The first-order valence-corrected chi connectivity index (χ1v) is 6.08. The molecule has 0 saturated heterocycles. The number of unbranched alkanes of at least 4 members (excludes halogenated alkanes) is 1. The normalized spacial score (nSPS) is 14.9. The number of esters is 1. The average molecular weight is 230 g/mol. The van der Waals surface area contributed by atoms with Crippen LogP contribution in [0.5, 0.6) is 0 Å². The van der Waals surface area contributed by atoms with E-state index in [1.807, 2.05) is 0 Å². The quantitative estimate of drug-likeness (QED) is 0.640. The van der Waals surface area contributed by atoms with E-state index in [1.54, 1.807) is 13.8 Å². The fourth-order valence-corrected chi connectivity index (χ4v) is 1.36. The zero-order valence-electron chi connectivity index (χ0n) is 11.1. The minimum Gasteiger partial charge on any atom is -0.465 e. The van der Waals surface area contributed by atoms with Gasteiger partial charge >= 0.3 is 5.97 Å². The predicted molar refractivity (Wildman–Crippen MR) is 66.2 cm³/mol. The summed E-state index contributed by atoms with van der Waals surface area (Å²) in [5.74, 6) is -0.307. The van der Waals surface area contributed by atoms with Gasteiger partial charge < -0.3 is 15.4 Å². The molecule has 0 radical (unpaired) electrons. The molecule has 0 aromatic rings. The average Bonchev–Trinajstić information content (AvgIpc) is 2.24. The molecular formula is C12H26N2O2. The number of carbonyl (C=O) groups excluding carboxylic acids is 1. The van der Waals surface area contributed by atoms with Crippen molar-refractivity contribution < 1.29 is 9.53 Å². The maximum atomic E-state index is 11.5. The Labute approximate surface area is 99.1 Å². The largest absolute Gasteiger partial charge is 0.465 e. The van der Waals surface area contributed by atoms with Gasteiger partial charge in [0.15, 0.2) is 0 Å². The highest BCUT2D eigenvalue weighted by atomic mass is 16.5. The summed E-state index contributed by atoms with van der Waals surface area (Å²) >= 11 is 0. The van der Waals surface area contributed by atoms with Crippen LogP contribution in [0.1, 0.15) is 40.0 Å². The van der Waals surface area contributed by atoms with Gasteiger partial charge in [-0.1, -0.05) is 13.3 Å². The molecule has 0 aliphatic carbocycles. The maximum Gasteiger partial charge on any atom is 0.325 e. The molecule has 0 aliphatic heterocycles. The molecule has 1 unspecified atom stereocenters. The number of hydrogen-bond acceptors (Lipinski definition) is 4. The molecule has 0 saturated carbocycles. The summed E-state index contributed by atoms with van der Waals surface area (Å²) in [5, 5.41) is 0. The lowest BCUT2D eigenvalue weighted by Gasteiger charge is -2.25. The maximum absolute atomic E-state index is 11.5. The SMILES string of the molecule is CCCCN(C)CCC(C)(N)C(=O)OCC. The van der Waals surface area contributed by atoms with Gasteiger partial charge in [-0.15, -0.1) is 0 Å². The summed E-state index contributed by atoms with van der Waals surface area (Å²) in [6.07, 6.45) is 2.99. The molecule has 0 heterocycles. The van der Waals surface area contributed by atoms with Crippen molar-refractivity contribution in [2.75, 3.05) is 26.7 Å². The molecule has 0 aromatic carbocycles. The second kappa shape index (κ2) is 7.63. The summed E-state index contributed by atoms with van der Waals surface area (Å²) in [5.41, 5.74) is 5.06. The minimum atomic E-state index is -0.865. The number of carbonyl (C=O) groups is 1. The first-order valence-electron chi connectivity index (χ1n) is 6.08. The van der Waals surface area contributed by atoms with Crippen molar-refractivity contribution in [1.82, 2.24) is 4.90 Å². The molecule has 4 heteroatoms. The molecule has 1 atom stereocenters. The summed E-state index contributed by atoms with van der Waals surface area (Å²) in [6.45, 7) is 7.96. The number of ether oxygens (including phenoxy) is 1. The minimum absolute atomic E-state index is 0.307. The van der Waals surface area contributed by atoms with Crippen LogP contribution in [-0.4, -0.2) is 43.2 Å². The van der Waals surface area contributed by atoms with Crippen molar-refractivity contribution in [3.8, 4) is 0 Å². The molecule has 16 heavy (non-hydrogen) atoms. The molecule has 0 aromatic heterocycles. The van der Waals surface area contributed by atoms with Crippen molar-refractivity contribution in [3.05, 3.63) is 0 Å². The zero-order valence-corrected chi connectivity index (χ0v) is 11.1. The molecule has 0 fully saturated rings. The van der Waals surface area contributed by atoms with Crippen LogP contribution in [0.2, 0.25) is 0 Å². The standard InChI is InChI=1S/C12H26N2O2/c1-5-7-9-14(4)10-8-12(3,13)11(15)16-6-2/h5-10,13H2,1-4H3. The molecule has 0 amide bonds. The van der Waals surface area contributed by atoms with E-state index in [-0.39, 0.29) is 5.97 Å². The van der Waals surface area contributed by atoms with Crippen molar-refractivity contribution in [2.24, 2.45) is 5.73 Å². The summed E-state index contributed by atoms with van der Waals surface area (Å²) in [4.78, 5) is 13.7. The highest BCUT2D eigenvalue weighted by molar-refractivity contribution is 5.79. The van der Waals surface area contributed by atoms with Gasteiger partial charge in [-0.25, -0.2) is 0 Å². The molecule has 0 aliphatic rings. The lowest BCUT2D eigenvalue weighted by atomic mass is 9.99. The number of nitrogens with zero attached hydrogens (tertiary/aromatic N) is 1. The van der Waals surface area contributed by atoms with Gasteiger partial charge in [-0.3, -0.25) is 4.79 Å². The molecule has 2 N–H and O–H groups in total. The third-order valence-corrected chi connectivity index (χ3v) is 2.65. The van der Waals surface area contributed by atoms with Crippen LogP contribution in [0.15, 0.2) is 0 Å². The van der Waals surface area contributed by atoms with Gasteiger partial charge in [0.25, 0.3) is 0 Å². The van der Waals surface area contributed by atoms with Crippen LogP contribution < -0.4 is 5.73 Å². The van der Waals surface area contributed by atoms with Gasteiger partial charge in [-0.2, -0.15) is 0 Å². The molecule has 0 rings (SSSR count). The summed E-state index contributed by atoms with van der Waals surface area (Å²) < 4.78 is 4.94. The van der Waals surface area contributed by atoms with E-state index in [1.165, 1.54) is 12.8 Å².